The normalized spacial score (nSPS) is 20.1. The summed E-state index contributed by atoms with van der Waals surface area (Å²) >= 11 is 0. The van der Waals surface area contributed by atoms with Crippen molar-refractivity contribution < 1.29 is 13.9 Å². The van der Waals surface area contributed by atoms with Crippen LogP contribution in [-0.2, 0) is 17.6 Å². The van der Waals surface area contributed by atoms with Crippen LogP contribution in [0.5, 0.6) is 0 Å². The lowest BCUT2D eigenvalue weighted by Crippen LogP contribution is -2.43. The van der Waals surface area contributed by atoms with E-state index in [1.165, 1.54) is 6.07 Å². The molecule has 1 saturated heterocycles. The van der Waals surface area contributed by atoms with E-state index in [1.807, 2.05) is 6.92 Å². The summed E-state index contributed by atoms with van der Waals surface area (Å²) in [6, 6.07) is 1.44. The van der Waals surface area contributed by atoms with Gasteiger partial charge in [0.05, 0.1) is 24.4 Å². The van der Waals surface area contributed by atoms with Gasteiger partial charge in [0.25, 0.3) is 11.5 Å². The van der Waals surface area contributed by atoms with Crippen LogP contribution < -0.4 is 5.56 Å². The summed E-state index contributed by atoms with van der Waals surface area (Å²) in [5.41, 5.74) is 2.15. The van der Waals surface area contributed by atoms with Crippen LogP contribution in [0.25, 0.3) is 0 Å². The maximum Gasteiger partial charge on any atom is 0.257 e. The second-order valence-corrected chi connectivity index (χ2v) is 7.01. The molecule has 0 unspecified atom stereocenters. The highest BCUT2D eigenvalue weighted by Crippen LogP contribution is 2.31. The zero-order valence-corrected chi connectivity index (χ0v) is 15.1. The summed E-state index contributed by atoms with van der Waals surface area (Å²) in [4.78, 5) is 33.7. The summed E-state index contributed by atoms with van der Waals surface area (Å²) in [6.07, 6.45) is 3.62. The highest BCUT2D eigenvalue weighted by atomic mass is 16.5. The van der Waals surface area contributed by atoms with E-state index in [-0.39, 0.29) is 11.5 Å². The molecular weight excluding hydrogens is 334 g/mol. The molecule has 0 radical (unpaired) electrons. The number of aryl methyl sites for hydroxylation is 3. The fraction of sp³-hybridized carbons (Fsp3) is 0.526. The first-order chi connectivity index (χ1) is 12.5. The zero-order valence-electron chi connectivity index (χ0n) is 15.1. The van der Waals surface area contributed by atoms with Gasteiger partial charge in [-0.3, -0.25) is 9.59 Å². The Labute approximate surface area is 151 Å². The molecule has 7 heteroatoms. The van der Waals surface area contributed by atoms with Crippen LogP contribution in [0, 0.1) is 13.8 Å². The van der Waals surface area contributed by atoms with Gasteiger partial charge in [0.15, 0.2) is 0 Å². The van der Waals surface area contributed by atoms with Crippen LogP contribution in [0.1, 0.15) is 57.9 Å². The number of nitrogens with zero attached hydrogens (tertiary/aromatic N) is 2. The number of nitrogens with one attached hydrogen (secondary N) is 1. The van der Waals surface area contributed by atoms with E-state index in [9.17, 15) is 9.59 Å². The molecule has 1 fully saturated rings. The van der Waals surface area contributed by atoms with Gasteiger partial charge in [0.1, 0.15) is 23.4 Å². The predicted molar refractivity (Wildman–Crippen MR) is 94.3 cm³/mol. The smallest absolute Gasteiger partial charge is 0.257 e. The van der Waals surface area contributed by atoms with E-state index < -0.39 is 6.10 Å². The van der Waals surface area contributed by atoms with Gasteiger partial charge in [-0.05, 0) is 33.1 Å². The molecule has 1 amide bonds. The highest BCUT2D eigenvalue weighted by molar-refractivity contribution is 5.97. The number of rotatable bonds is 2. The van der Waals surface area contributed by atoms with Crippen molar-refractivity contribution in [3.05, 3.63) is 50.6 Å². The van der Waals surface area contributed by atoms with Crippen LogP contribution >= 0.6 is 0 Å². The molecule has 1 N–H and O–H groups in total. The third-order valence-electron chi connectivity index (χ3n) is 5.12. The lowest BCUT2D eigenvalue weighted by Gasteiger charge is -2.33. The Morgan fingerprint density at radius 2 is 2.12 bits per heavy atom. The number of hydrogen-bond donors (Lipinski definition) is 1. The van der Waals surface area contributed by atoms with E-state index in [0.29, 0.717) is 37.0 Å². The molecule has 0 aromatic carbocycles. The van der Waals surface area contributed by atoms with Crippen molar-refractivity contribution in [1.29, 1.82) is 0 Å². The van der Waals surface area contributed by atoms with Crippen molar-refractivity contribution in [3.8, 4) is 0 Å². The lowest BCUT2D eigenvalue weighted by atomic mass is 9.94. The van der Waals surface area contributed by atoms with E-state index in [1.54, 1.807) is 11.8 Å². The first-order valence-electron chi connectivity index (χ1n) is 9.13. The van der Waals surface area contributed by atoms with Crippen molar-refractivity contribution in [2.75, 3.05) is 19.7 Å². The highest BCUT2D eigenvalue weighted by Gasteiger charge is 2.32. The molecule has 2 aromatic rings. The molecule has 0 bridgehead atoms. The number of carbonyl (C=O) groups excluding carboxylic acids is 1. The fourth-order valence-electron chi connectivity index (χ4n) is 3.92. The van der Waals surface area contributed by atoms with Crippen LogP contribution in [0.4, 0.5) is 0 Å². The Bertz CT molecular complexity index is 899. The van der Waals surface area contributed by atoms with E-state index in [0.717, 1.165) is 42.6 Å². The molecule has 0 saturated carbocycles. The molecule has 4 rings (SSSR count). The Morgan fingerprint density at radius 3 is 2.92 bits per heavy atom. The van der Waals surface area contributed by atoms with E-state index in [4.69, 9.17) is 9.15 Å². The van der Waals surface area contributed by atoms with Crippen molar-refractivity contribution >= 4 is 5.91 Å². The van der Waals surface area contributed by atoms with Gasteiger partial charge in [0, 0.05) is 24.6 Å². The van der Waals surface area contributed by atoms with Crippen LogP contribution in [0.15, 0.2) is 15.3 Å². The average Bonchev–Trinajstić information content (AvgIpc) is 2.96. The first kappa shape index (κ1) is 17.0. The number of hydrogen-bond acceptors (Lipinski definition) is 5. The molecule has 138 valence electrons. The Hall–Kier alpha value is -2.41. The van der Waals surface area contributed by atoms with Crippen molar-refractivity contribution in [3.63, 3.8) is 0 Å². The number of H-pyrrole nitrogens is 1. The molecule has 3 heterocycles. The van der Waals surface area contributed by atoms with Gasteiger partial charge in [-0.15, -0.1) is 0 Å². The molecule has 1 atom stereocenters. The lowest BCUT2D eigenvalue weighted by molar-refractivity contribution is -0.0249. The van der Waals surface area contributed by atoms with Gasteiger partial charge in [-0.1, -0.05) is 0 Å². The number of carbonyl (C=O) groups is 1. The molecular formula is C19H23N3O4. The molecule has 1 aliphatic heterocycles. The number of ether oxygens (including phenoxy) is 1. The number of fused-ring (bicyclic) bond motifs is 1. The van der Waals surface area contributed by atoms with Gasteiger partial charge in [0.2, 0.25) is 0 Å². The minimum Gasteiger partial charge on any atom is -0.465 e. The monoisotopic (exact) mass is 357 g/mol. The maximum atomic E-state index is 13.2. The van der Waals surface area contributed by atoms with E-state index >= 15 is 0 Å². The van der Waals surface area contributed by atoms with Crippen LogP contribution in [-0.4, -0.2) is 40.5 Å². The van der Waals surface area contributed by atoms with Gasteiger partial charge < -0.3 is 19.0 Å². The predicted octanol–water partition coefficient (Wildman–Crippen LogP) is 2.07. The SMILES string of the molecule is Cc1nc([C@H]2CN(C(=O)c3c(C)oc4c3CCCC4)CCO2)cc(=O)[nH]1. The molecule has 26 heavy (non-hydrogen) atoms. The Kier molecular flexibility index (Phi) is 4.40. The van der Waals surface area contributed by atoms with Gasteiger partial charge >= 0.3 is 0 Å². The largest absolute Gasteiger partial charge is 0.465 e. The second-order valence-electron chi connectivity index (χ2n) is 7.01. The molecule has 1 aliphatic carbocycles. The Morgan fingerprint density at radius 1 is 1.31 bits per heavy atom. The second kappa shape index (κ2) is 6.72. The molecule has 7 nitrogen and oxygen atoms in total. The summed E-state index contributed by atoms with van der Waals surface area (Å²) in [5.74, 6) is 2.20. The summed E-state index contributed by atoms with van der Waals surface area (Å²) in [7, 11) is 0. The minimum absolute atomic E-state index is 0.00994. The summed E-state index contributed by atoms with van der Waals surface area (Å²) < 4.78 is 11.6. The number of morpholine rings is 1. The number of aromatic amines is 1. The molecule has 0 spiro atoms. The van der Waals surface area contributed by atoms with Crippen LogP contribution in [0.2, 0.25) is 0 Å². The van der Waals surface area contributed by atoms with E-state index in [2.05, 4.69) is 9.97 Å². The number of furan rings is 1. The van der Waals surface area contributed by atoms with Gasteiger partial charge in [-0.25, -0.2) is 4.98 Å². The third-order valence-corrected chi connectivity index (χ3v) is 5.12. The van der Waals surface area contributed by atoms with Crippen molar-refractivity contribution in [2.24, 2.45) is 0 Å². The fourth-order valence-corrected chi connectivity index (χ4v) is 3.92. The summed E-state index contributed by atoms with van der Waals surface area (Å²) in [5, 5.41) is 0. The zero-order chi connectivity index (χ0) is 18.3. The van der Waals surface area contributed by atoms with Crippen molar-refractivity contribution in [2.45, 2.75) is 45.6 Å². The third kappa shape index (κ3) is 3.07. The Balaban J connectivity index is 1.59. The van der Waals surface area contributed by atoms with Crippen molar-refractivity contribution in [1.82, 2.24) is 14.9 Å². The number of aromatic nitrogens is 2. The van der Waals surface area contributed by atoms with Gasteiger partial charge in [-0.2, -0.15) is 0 Å². The summed E-state index contributed by atoms with van der Waals surface area (Å²) in [6.45, 7) is 4.93. The maximum absolute atomic E-state index is 13.2. The number of amides is 1. The standard InChI is InChI=1S/C19H23N3O4/c1-11-18(13-5-3-4-6-15(13)26-11)19(24)22-7-8-25-16(10-22)14-9-17(23)21-12(2)20-14/h9,16H,3-8,10H2,1-2H3,(H,20,21,23)/t16-/m1/s1. The topological polar surface area (TPSA) is 88.4 Å². The van der Waals surface area contributed by atoms with Crippen LogP contribution in [0.3, 0.4) is 0 Å². The molecule has 2 aromatic heterocycles. The molecule has 2 aliphatic rings. The average molecular weight is 357 g/mol. The quantitative estimate of drug-likeness (QED) is 0.889. The minimum atomic E-state index is -0.392. The first-order valence-corrected chi connectivity index (χ1v) is 9.13.